The first-order valence-corrected chi connectivity index (χ1v) is 5.98. The van der Waals surface area contributed by atoms with E-state index in [-0.39, 0.29) is 12.1 Å². The van der Waals surface area contributed by atoms with Crippen LogP contribution in [0.3, 0.4) is 0 Å². The quantitative estimate of drug-likeness (QED) is 0.748. The fourth-order valence-electron chi connectivity index (χ4n) is 2.86. The Morgan fingerprint density at radius 2 is 2.22 bits per heavy atom. The molecule has 1 aliphatic carbocycles. The number of benzene rings is 1. The lowest BCUT2D eigenvalue weighted by atomic mass is 10.0. The molecule has 3 rings (SSSR count). The molecule has 0 atom stereocenters. The molecule has 1 amide bonds. The van der Waals surface area contributed by atoms with Crippen LogP contribution in [0.2, 0.25) is 0 Å². The second kappa shape index (κ2) is 3.81. The minimum absolute atomic E-state index is 0.117. The Morgan fingerprint density at radius 3 is 2.89 bits per heavy atom. The first-order chi connectivity index (χ1) is 8.63. The fraction of sp³-hybridized carbons (Fsp3) is 0.308. The van der Waals surface area contributed by atoms with Crippen LogP contribution in [0.25, 0.3) is 10.9 Å². The van der Waals surface area contributed by atoms with E-state index in [2.05, 4.69) is 4.98 Å². The number of hydrogen-bond acceptors (Lipinski definition) is 2. The first-order valence-electron chi connectivity index (χ1n) is 5.98. The Kier molecular flexibility index (Phi) is 2.38. The van der Waals surface area contributed by atoms with Gasteiger partial charge in [-0.05, 0) is 30.9 Å². The van der Waals surface area contributed by atoms with E-state index in [1.54, 1.807) is 0 Å². The van der Waals surface area contributed by atoms with Crippen molar-refractivity contribution in [2.45, 2.75) is 25.8 Å². The zero-order valence-electron chi connectivity index (χ0n) is 9.85. The molecule has 4 nitrogen and oxygen atoms in total. The van der Waals surface area contributed by atoms with Crippen molar-refractivity contribution < 1.29 is 9.18 Å². The van der Waals surface area contributed by atoms with Gasteiger partial charge in [0.25, 0.3) is 5.91 Å². The van der Waals surface area contributed by atoms with E-state index >= 15 is 0 Å². The molecule has 1 aromatic heterocycles. The number of hydrogen-bond donors (Lipinski definition) is 3. The van der Waals surface area contributed by atoms with Gasteiger partial charge in [0, 0.05) is 23.2 Å². The molecule has 2 aromatic rings. The second-order valence-corrected chi connectivity index (χ2v) is 4.64. The van der Waals surface area contributed by atoms with E-state index in [1.807, 2.05) is 0 Å². The molecule has 1 aliphatic rings. The van der Waals surface area contributed by atoms with Gasteiger partial charge in [0.05, 0.1) is 11.1 Å². The van der Waals surface area contributed by atoms with Crippen LogP contribution in [-0.2, 0) is 19.4 Å². The van der Waals surface area contributed by atoms with Gasteiger partial charge in [-0.1, -0.05) is 0 Å². The summed E-state index contributed by atoms with van der Waals surface area (Å²) in [5.41, 5.74) is 14.4. The summed E-state index contributed by atoms with van der Waals surface area (Å²) < 4.78 is 14.0. The summed E-state index contributed by atoms with van der Waals surface area (Å²) in [6.45, 7) is 0.117. The summed E-state index contributed by atoms with van der Waals surface area (Å²) in [5.74, 6) is -1.07. The molecule has 94 valence electrons. The highest BCUT2D eigenvalue weighted by Crippen LogP contribution is 2.35. The second-order valence-electron chi connectivity index (χ2n) is 4.64. The molecule has 0 spiro atoms. The van der Waals surface area contributed by atoms with Gasteiger partial charge in [-0.2, -0.15) is 0 Å². The third kappa shape index (κ3) is 1.37. The largest absolute Gasteiger partial charge is 0.366 e. The number of aryl methyl sites for hydroxylation is 2. The summed E-state index contributed by atoms with van der Waals surface area (Å²) in [5, 5.41) is 0.763. The van der Waals surface area contributed by atoms with Gasteiger partial charge < -0.3 is 16.5 Å². The summed E-state index contributed by atoms with van der Waals surface area (Å²) in [6, 6.07) is 1.18. The zero-order chi connectivity index (χ0) is 12.9. The molecular formula is C13H14FN3O. The molecule has 0 saturated heterocycles. The Bertz CT molecular complexity index is 660. The van der Waals surface area contributed by atoms with Crippen molar-refractivity contribution in [1.82, 2.24) is 4.98 Å². The highest BCUT2D eigenvalue weighted by atomic mass is 19.1. The molecule has 5 N–H and O–H groups in total. The van der Waals surface area contributed by atoms with Crippen molar-refractivity contribution in [1.29, 1.82) is 0 Å². The zero-order valence-corrected chi connectivity index (χ0v) is 9.85. The number of nitrogens with one attached hydrogen (secondary N) is 1. The standard InChI is InChI=1S/C13H14FN3O/c14-9-4-7(13(16)18)12-11(8(9)5-15)6-2-1-3-10(6)17-12/h4,17H,1-3,5,15H2,(H2,16,18). The maximum absolute atomic E-state index is 14.0. The number of H-pyrrole nitrogens is 1. The number of primary amides is 1. The number of fused-ring (bicyclic) bond motifs is 3. The summed E-state index contributed by atoms with van der Waals surface area (Å²) in [7, 11) is 0. The first kappa shape index (κ1) is 11.2. The van der Waals surface area contributed by atoms with Gasteiger partial charge >= 0.3 is 0 Å². The highest BCUT2D eigenvalue weighted by Gasteiger charge is 2.24. The van der Waals surface area contributed by atoms with Gasteiger partial charge in [-0.15, -0.1) is 0 Å². The van der Waals surface area contributed by atoms with Crippen molar-refractivity contribution in [3.05, 3.63) is 34.3 Å². The SMILES string of the molecule is NCc1c(F)cc(C(N)=O)c2[nH]c3c(c12)CCC3. The summed E-state index contributed by atoms with van der Waals surface area (Å²) in [4.78, 5) is 14.6. The van der Waals surface area contributed by atoms with Crippen molar-refractivity contribution in [2.75, 3.05) is 0 Å². The van der Waals surface area contributed by atoms with Gasteiger partial charge in [-0.25, -0.2) is 4.39 Å². The van der Waals surface area contributed by atoms with E-state index in [4.69, 9.17) is 11.5 Å². The third-order valence-electron chi connectivity index (χ3n) is 3.65. The Morgan fingerprint density at radius 1 is 1.44 bits per heavy atom. The number of nitrogens with two attached hydrogens (primary N) is 2. The van der Waals surface area contributed by atoms with Crippen LogP contribution in [0.4, 0.5) is 4.39 Å². The molecule has 0 fully saturated rings. The molecule has 18 heavy (non-hydrogen) atoms. The lowest BCUT2D eigenvalue weighted by Gasteiger charge is -2.07. The number of amides is 1. The number of carbonyl (C=O) groups excluding carboxylic acids is 1. The van der Waals surface area contributed by atoms with E-state index in [1.165, 1.54) is 6.07 Å². The molecule has 5 heteroatoms. The van der Waals surface area contributed by atoms with Gasteiger partial charge in [0.15, 0.2) is 0 Å². The Balaban J connectivity index is 2.45. The maximum atomic E-state index is 14.0. The van der Waals surface area contributed by atoms with Crippen molar-refractivity contribution in [3.63, 3.8) is 0 Å². The van der Waals surface area contributed by atoms with Gasteiger partial charge in [0.2, 0.25) is 0 Å². The molecule has 1 aromatic carbocycles. The lowest BCUT2D eigenvalue weighted by molar-refractivity contribution is 0.100. The Labute approximate surface area is 103 Å². The number of halogens is 1. The third-order valence-corrected chi connectivity index (χ3v) is 3.65. The summed E-state index contributed by atoms with van der Waals surface area (Å²) >= 11 is 0. The monoisotopic (exact) mass is 247 g/mol. The minimum Gasteiger partial charge on any atom is -0.366 e. The van der Waals surface area contributed by atoms with Crippen molar-refractivity contribution in [2.24, 2.45) is 11.5 Å². The number of aromatic nitrogens is 1. The van der Waals surface area contributed by atoms with Crippen LogP contribution in [0.15, 0.2) is 6.07 Å². The Hall–Kier alpha value is -1.88. The van der Waals surface area contributed by atoms with E-state index in [0.29, 0.717) is 11.1 Å². The van der Waals surface area contributed by atoms with Crippen LogP contribution < -0.4 is 11.5 Å². The predicted molar refractivity (Wildman–Crippen MR) is 66.7 cm³/mol. The minimum atomic E-state index is -0.623. The number of rotatable bonds is 2. The van der Waals surface area contributed by atoms with E-state index in [0.717, 1.165) is 35.9 Å². The molecule has 0 unspecified atom stereocenters. The van der Waals surface area contributed by atoms with E-state index < -0.39 is 11.7 Å². The van der Waals surface area contributed by atoms with Crippen molar-refractivity contribution >= 4 is 16.8 Å². The smallest absolute Gasteiger partial charge is 0.250 e. The number of aromatic amines is 1. The fourth-order valence-corrected chi connectivity index (χ4v) is 2.86. The molecule has 0 radical (unpaired) electrons. The van der Waals surface area contributed by atoms with Gasteiger partial charge in [-0.3, -0.25) is 4.79 Å². The predicted octanol–water partition coefficient (Wildman–Crippen LogP) is 1.35. The molecule has 0 saturated carbocycles. The average molecular weight is 247 g/mol. The molecular weight excluding hydrogens is 233 g/mol. The normalized spacial score (nSPS) is 14.1. The summed E-state index contributed by atoms with van der Waals surface area (Å²) in [6.07, 6.45) is 2.86. The molecule has 0 aliphatic heterocycles. The van der Waals surface area contributed by atoms with Crippen molar-refractivity contribution in [3.8, 4) is 0 Å². The molecule has 0 bridgehead atoms. The van der Waals surface area contributed by atoms with Crippen LogP contribution in [0, 0.1) is 5.82 Å². The van der Waals surface area contributed by atoms with Crippen LogP contribution >= 0.6 is 0 Å². The van der Waals surface area contributed by atoms with Crippen LogP contribution in [-0.4, -0.2) is 10.9 Å². The highest BCUT2D eigenvalue weighted by molar-refractivity contribution is 6.07. The topological polar surface area (TPSA) is 84.9 Å². The average Bonchev–Trinajstić information content (AvgIpc) is 2.88. The number of carbonyl (C=O) groups is 1. The lowest BCUT2D eigenvalue weighted by Crippen LogP contribution is -2.13. The van der Waals surface area contributed by atoms with Gasteiger partial charge in [0.1, 0.15) is 5.82 Å². The maximum Gasteiger partial charge on any atom is 0.250 e. The van der Waals surface area contributed by atoms with Crippen LogP contribution in [0.5, 0.6) is 0 Å². The van der Waals surface area contributed by atoms with E-state index in [9.17, 15) is 9.18 Å². The molecule has 1 heterocycles. The van der Waals surface area contributed by atoms with Crippen LogP contribution in [0.1, 0.15) is 33.6 Å².